The van der Waals surface area contributed by atoms with Gasteiger partial charge in [-0.2, -0.15) is 12.6 Å². The molecule has 0 heterocycles. The Morgan fingerprint density at radius 3 is 2.44 bits per heavy atom. The maximum Gasteiger partial charge on any atom is 0.331 e. The monoisotopic (exact) mass is 247 g/mol. The molecule has 2 N–H and O–H groups in total. The molecule has 0 aromatic heterocycles. The summed E-state index contributed by atoms with van der Waals surface area (Å²) < 4.78 is 4.56. The van der Waals surface area contributed by atoms with Crippen molar-refractivity contribution < 1.29 is 14.3 Å². The van der Waals surface area contributed by atoms with E-state index >= 15 is 0 Å². The Balaban J connectivity index is 3.55. The average Bonchev–Trinajstić information content (AvgIpc) is 2.27. The fourth-order valence-electron chi connectivity index (χ4n) is 1.19. The van der Waals surface area contributed by atoms with Crippen LogP contribution in [0.15, 0.2) is 0 Å². The van der Waals surface area contributed by atoms with E-state index in [0.717, 1.165) is 19.3 Å². The van der Waals surface area contributed by atoms with Crippen LogP contribution in [0.25, 0.3) is 0 Å². The largest absolute Gasteiger partial charge is 0.392 e. The first-order chi connectivity index (χ1) is 7.61. The molecule has 4 nitrogen and oxygen atoms in total. The van der Waals surface area contributed by atoms with Crippen LogP contribution in [0.2, 0.25) is 0 Å². The third-order valence-electron chi connectivity index (χ3n) is 2.20. The van der Waals surface area contributed by atoms with Crippen molar-refractivity contribution in [2.75, 3.05) is 5.75 Å². The highest BCUT2D eigenvalue weighted by Gasteiger charge is 2.16. The molecule has 0 aromatic rings. The maximum atomic E-state index is 11.2. The molecule has 0 aliphatic heterocycles. The minimum Gasteiger partial charge on any atom is -0.392 e. The first kappa shape index (κ1) is 15.4. The summed E-state index contributed by atoms with van der Waals surface area (Å²) >= 11 is 3.85. The van der Waals surface area contributed by atoms with E-state index in [9.17, 15) is 9.59 Å². The van der Waals surface area contributed by atoms with E-state index < -0.39 is 18.0 Å². The number of hydrogen-bond donors (Lipinski definition) is 2. The number of nitrogens with two attached hydrogens (primary N) is 1. The van der Waals surface area contributed by atoms with Crippen molar-refractivity contribution in [3.8, 4) is 0 Å². The molecule has 0 aromatic carbocycles. The van der Waals surface area contributed by atoms with Gasteiger partial charge in [0.2, 0.25) is 0 Å². The molecule has 0 saturated carbocycles. The van der Waals surface area contributed by atoms with Gasteiger partial charge in [-0.1, -0.05) is 32.6 Å². The van der Waals surface area contributed by atoms with Gasteiger partial charge < -0.3 is 10.5 Å². The Kier molecular flexibility index (Phi) is 9.33. The lowest BCUT2D eigenvalue weighted by Crippen LogP contribution is -2.35. The summed E-state index contributed by atoms with van der Waals surface area (Å²) in [7, 11) is 0. The van der Waals surface area contributed by atoms with Crippen molar-refractivity contribution in [1.29, 1.82) is 0 Å². The molecule has 5 heteroatoms. The Bertz CT molecular complexity index is 221. The predicted molar refractivity (Wildman–Crippen MR) is 66.3 cm³/mol. The van der Waals surface area contributed by atoms with Gasteiger partial charge in [0.05, 0.1) is 0 Å². The number of rotatable bonds is 8. The SMILES string of the molecule is CCCCCCCC(=O)OC(=O)[C@@H](N)CS. The summed E-state index contributed by atoms with van der Waals surface area (Å²) in [5.41, 5.74) is 5.36. The first-order valence-corrected chi connectivity index (χ1v) is 6.36. The van der Waals surface area contributed by atoms with E-state index in [2.05, 4.69) is 24.3 Å². The number of esters is 2. The predicted octanol–water partition coefficient (Wildman–Crippen LogP) is 1.67. The zero-order chi connectivity index (χ0) is 12.4. The second kappa shape index (κ2) is 9.66. The Morgan fingerprint density at radius 2 is 1.88 bits per heavy atom. The number of carbonyl (C=O) groups is 2. The van der Waals surface area contributed by atoms with E-state index in [1.54, 1.807) is 0 Å². The van der Waals surface area contributed by atoms with Crippen molar-refractivity contribution in [2.45, 2.75) is 51.5 Å². The number of ether oxygens (including phenoxy) is 1. The normalized spacial score (nSPS) is 12.2. The van der Waals surface area contributed by atoms with Crippen LogP contribution in [0.4, 0.5) is 0 Å². The van der Waals surface area contributed by atoms with Crippen molar-refractivity contribution >= 4 is 24.6 Å². The van der Waals surface area contributed by atoms with Crippen LogP contribution in [0.1, 0.15) is 45.4 Å². The lowest BCUT2D eigenvalue weighted by molar-refractivity contribution is -0.160. The van der Waals surface area contributed by atoms with Crippen molar-refractivity contribution in [3.05, 3.63) is 0 Å². The molecular weight excluding hydrogens is 226 g/mol. The second-order valence-corrected chi connectivity index (χ2v) is 4.11. The zero-order valence-corrected chi connectivity index (χ0v) is 10.7. The van der Waals surface area contributed by atoms with Crippen molar-refractivity contribution in [1.82, 2.24) is 0 Å². The van der Waals surface area contributed by atoms with Gasteiger partial charge in [-0.25, -0.2) is 4.79 Å². The number of hydrogen-bond acceptors (Lipinski definition) is 5. The lowest BCUT2D eigenvalue weighted by Gasteiger charge is -2.07. The van der Waals surface area contributed by atoms with Gasteiger partial charge in [-0.15, -0.1) is 0 Å². The zero-order valence-electron chi connectivity index (χ0n) is 9.78. The van der Waals surface area contributed by atoms with Crippen LogP contribution in [-0.2, 0) is 14.3 Å². The number of thiol groups is 1. The smallest absolute Gasteiger partial charge is 0.331 e. The standard InChI is InChI=1S/C11H21NO3S/c1-2-3-4-5-6-7-10(13)15-11(14)9(12)8-16/h9,16H,2-8,12H2,1H3/t9-/m0/s1. The van der Waals surface area contributed by atoms with Crippen molar-refractivity contribution in [3.63, 3.8) is 0 Å². The third kappa shape index (κ3) is 7.70. The number of carbonyl (C=O) groups excluding carboxylic acids is 2. The second-order valence-electron chi connectivity index (χ2n) is 3.75. The van der Waals surface area contributed by atoms with E-state index in [-0.39, 0.29) is 12.2 Å². The highest BCUT2D eigenvalue weighted by Crippen LogP contribution is 2.06. The minimum absolute atomic E-state index is 0.183. The third-order valence-corrected chi connectivity index (χ3v) is 2.59. The van der Waals surface area contributed by atoms with Gasteiger partial charge in [0.25, 0.3) is 0 Å². The van der Waals surface area contributed by atoms with Crippen molar-refractivity contribution in [2.24, 2.45) is 5.73 Å². The quantitative estimate of drug-likeness (QED) is 0.296. The molecule has 0 saturated heterocycles. The highest BCUT2D eigenvalue weighted by atomic mass is 32.1. The molecule has 0 fully saturated rings. The first-order valence-electron chi connectivity index (χ1n) is 5.72. The Labute approximate surface area is 102 Å². The molecule has 0 amide bonds. The molecule has 0 aliphatic carbocycles. The number of unbranched alkanes of at least 4 members (excludes halogenated alkanes) is 4. The molecule has 0 unspecified atom stereocenters. The Hall–Kier alpha value is -0.550. The average molecular weight is 247 g/mol. The topological polar surface area (TPSA) is 69.4 Å². The molecule has 0 spiro atoms. The summed E-state index contributed by atoms with van der Waals surface area (Å²) in [5.74, 6) is -0.991. The molecule has 0 bridgehead atoms. The molecule has 0 aliphatic rings. The van der Waals surface area contributed by atoms with Gasteiger partial charge in [-0.3, -0.25) is 4.79 Å². The maximum absolute atomic E-state index is 11.2. The molecular formula is C11H21NO3S. The van der Waals surface area contributed by atoms with Gasteiger partial charge in [-0.05, 0) is 6.42 Å². The minimum atomic E-state index is -0.813. The van der Waals surface area contributed by atoms with Gasteiger partial charge >= 0.3 is 11.9 Å². The van der Waals surface area contributed by atoms with Crippen LogP contribution >= 0.6 is 12.6 Å². The molecule has 94 valence electrons. The van der Waals surface area contributed by atoms with Crippen LogP contribution in [0, 0.1) is 0 Å². The van der Waals surface area contributed by atoms with Gasteiger partial charge in [0.1, 0.15) is 6.04 Å². The van der Waals surface area contributed by atoms with Crippen LogP contribution in [-0.4, -0.2) is 23.7 Å². The Morgan fingerprint density at radius 1 is 1.25 bits per heavy atom. The van der Waals surface area contributed by atoms with E-state index in [1.807, 2.05) is 0 Å². The molecule has 0 radical (unpaired) electrons. The van der Waals surface area contributed by atoms with E-state index in [1.165, 1.54) is 12.8 Å². The van der Waals surface area contributed by atoms with E-state index in [0.29, 0.717) is 0 Å². The summed E-state index contributed by atoms with van der Waals surface area (Å²) in [6.07, 6.45) is 5.51. The van der Waals surface area contributed by atoms with Gasteiger partial charge in [0, 0.05) is 12.2 Å². The fourth-order valence-corrected chi connectivity index (χ4v) is 1.34. The molecule has 1 atom stereocenters. The van der Waals surface area contributed by atoms with Crippen LogP contribution < -0.4 is 5.73 Å². The highest BCUT2D eigenvalue weighted by molar-refractivity contribution is 7.80. The molecule has 16 heavy (non-hydrogen) atoms. The summed E-state index contributed by atoms with van der Waals surface area (Å²) in [5, 5.41) is 0. The summed E-state index contributed by atoms with van der Waals surface area (Å²) in [6.45, 7) is 2.13. The molecule has 0 rings (SSSR count). The fraction of sp³-hybridized carbons (Fsp3) is 0.818. The van der Waals surface area contributed by atoms with Gasteiger partial charge in [0.15, 0.2) is 0 Å². The summed E-state index contributed by atoms with van der Waals surface area (Å²) in [4.78, 5) is 22.3. The van der Waals surface area contributed by atoms with E-state index in [4.69, 9.17) is 5.73 Å². The van der Waals surface area contributed by atoms with Crippen LogP contribution in [0.3, 0.4) is 0 Å². The summed E-state index contributed by atoms with van der Waals surface area (Å²) in [6, 6.07) is -0.813. The lowest BCUT2D eigenvalue weighted by atomic mass is 10.1. The van der Waals surface area contributed by atoms with Crippen LogP contribution in [0.5, 0.6) is 0 Å².